The van der Waals surface area contributed by atoms with E-state index in [9.17, 15) is 14.0 Å². The lowest BCUT2D eigenvalue weighted by Gasteiger charge is -2.09. The summed E-state index contributed by atoms with van der Waals surface area (Å²) in [6.07, 6.45) is 0.819. The zero-order valence-electron chi connectivity index (χ0n) is 16.7. The first-order valence-electron chi connectivity index (χ1n) is 9.49. The largest absolute Gasteiger partial charge is 0.497 e. The van der Waals surface area contributed by atoms with E-state index >= 15 is 0 Å². The summed E-state index contributed by atoms with van der Waals surface area (Å²) in [6, 6.07) is 13.4. The fourth-order valence-electron chi connectivity index (χ4n) is 2.94. The van der Waals surface area contributed by atoms with E-state index < -0.39 is 5.97 Å². The van der Waals surface area contributed by atoms with Gasteiger partial charge >= 0.3 is 5.97 Å². The molecule has 1 N–H and O–H groups in total. The van der Waals surface area contributed by atoms with Crippen LogP contribution in [0, 0.1) is 5.82 Å². The number of rotatable bonds is 8. The molecule has 0 aliphatic carbocycles. The predicted octanol–water partition coefficient (Wildman–Crippen LogP) is 5.31. The van der Waals surface area contributed by atoms with E-state index in [2.05, 4.69) is 5.32 Å². The number of methoxy groups -OCH3 is 1. The number of hydrogen-bond donors (Lipinski definition) is 1. The van der Waals surface area contributed by atoms with E-state index in [1.165, 1.54) is 23.5 Å². The Hall–Kier alpha value is -3.19. The lowest BCUT2D eigenvalue weighted by atomic mass is 10.0. The van der Waals surface area contributed by atoms with E-state index in [1.807, 2.05) is 24.3 Å². The van der Waals surface area contributed by atoms with Crippen molar-refractivity contribution in [2.75, 3.05) is 19.0 Å². The monoisotopic (exact) mass is 427 g/mol. The highest BCUT2D eigenvalue weighted by atomic mass is 32.1. The van der Waals surface area contributed by atoms with Gasteiger partial charge in [-0.25, -0.2) is 9.18 Å². The molecule has 0 spiro atoms. The van der Waals surface area contributed by atoms with Crippen LogP contribution in [0.2, 0.25) is 0 Å². The standard InChI is InChI=1S/C23H22FNO4S/c1-3-29-23(27)21-19(16-7-9-17(24)10-8-16)14-30-22(21)25-20(26)13-6-15-4-11-18(28-2)12-5-15/h4-5,7-12,14H,3,6,13H2,1-2H3,(H,25,26). The molecule has 0 bridgehead atoms. The van der Waals surface area contributed by atoms with Crippen LogP contribution in [0.15, 0.2) is 53.9 Å². The Balaban J connectivity index is 1.76. The van der Waals surface area contributed by atoms with Crippen LogP contribution in [0.5, 0.6) is 5.75 Å². The molecule has 0 atom stereocenters. The number of aryl methyl sites for hydroxylation is 1. The highest BCUT2D eigenvalue weighted by Gasteiger charge is 2.22. The Morgan fingerprint density at radius 2 is 1.77 bits per heavy atom. The highest BCUT2D eigenvalue weighted by molar-refractivity contribution is 7.15. The fraction of sp³-hybridized carbons (Fsp3) is 0.217. The summed E-state index contributed by atoms with van der Waals surface area (Å²) in [6.45, 7) is 1.93. The van der Waals surface area contributed by atoms with Crippen molar-refractivity contribution in [2.45, 2.75) is 19.8 Å². The van der Waals surface area contributed by atoms with Gasteiger partial charge in [-0.3, -0.25) is 4.79 Å². The lowest BCUT2D eigenvalue weighted by molar-refractivity contribution is -0.116. The van der Waals surface area contributed by atoms with E-state index in [-0.39, 0.29) is 30.3 Å². The van der Waals surface area contributed by atoms with Crippen molar-refractivity contribution in [3.8, 4) is 16.9 Å². The number of anilines is 1. The minimum absolute atomic E-state index is 0.205. The molecule has 0 aliphatic rings. The molecule has 3 rings (SSSR count). The summed E-state index contributed by atoms with van der Waals surface area (Å²) in [5, 5.41) is 5.01. The lowest BCUT2D eigenvalue weighted by Crippen LogP contribution is -2.15. The minimum Gasteiger partial charge on any atom is -0.497 e. The van der Waals surface area contributed by atoms with Crippen LogP contribution >= 0.6 is 11.3 Å². The first-order valence-corrected chi connectivity index (χ1v) is 10.4. The molecule has 0 saturated carbocycles. The van der Waals surface area contributed by atoms with Gasteiger partial charge in [0, 0.05) is 17.4 Å². The Morgan fingerprint density at radius 3 is 2.40 bits per heavy atom. The maximum absolute atomic E-state index is 13.3. The summed E-state index contributed by atoms with van der Waals surface area (Å²) in [7, 11) is 1.60. The van der Waals surface area contributed by atoms with Crippen molar-refractivity contribution in [1.29, 1.82) is 0 Å². The second kappa shape index (κ2) is 10.0. The summed E-state index contributed by atoms with van der Waals surface area (Å²) in [5.41, 5.74) is 2.57. The van der Waals surface area contributed by atoms with Crippen molar-refractivity contribution >= 4 is 28.2 Å². The van der Waals surface area contributed by atoms with Gasteiger partial charge in [-0.05, 0) is 48.7 Å². The maximum Gasteiger partial charge on any atom is 0.341 e. The number of hydrogen-bond acceptors (Lipinski definition) is 5. The van der Waals surface area contributed by atoms with Crippen molar-refractivity contribution in [2.24, 2.45) is 0 Å². The van der Waals surface area contributed by atoms with Gasteiger partial charge in [-0.15, -0.1) is 11.3 Å². The minimum atomic E-state index is -0.525. The molecule has 0 fully saturated rings. The third kappa shape index (κ3) is 5.24. The predicted molar refractivity (Wildman–Crippen MR) is 116 cm³/mol. The molecule has 1 aromatic heterocycles. The third-order valence-corrected chi connectivity index (χ3v) is 5.37. The van der Waals surface area contributed by atoms with Crippen LogP contribution in [0.4, 0.5) is 9.39 Å². The molecular weight excluding hydrogens is 405 g/mol. The summed E-state index contributed by atoms with van der Waals surface area (Å²) >= 11 is 1.24. The van der Waals surface area contributed by atoms with E-state index in [0.29, 0.717) is 22.5 Å². The molecule has 0 aliphatic heterocycles. The first-order chi connectivity index (χ1) is 14.5. The molecule has 1 amide bonds. The molecule has 5 nitrogen and oxygen atoms in total. The average Bonchev–Trinajstić information content (AvgIpc) is 3.17. The van der Waals surface area contributed by atoms with Crippen LogP contribution in [-0.4, -0.2) is 25.6 Å². The van der Waals surface area contributed by atoms with Gasteiger partial charge < -0.3 is 14.8 Å². The van der Waals surface area contributed by atoms with Crippen LogP contribution in [0.3, 0.4) is 0 Å². The van der Waals surface area contributed by atoms with Crippen LogP contribution in [0.1, 0.15) is 29.3 Å². The number of carbonyl (C=O) groups excluding carboxylic acids is 2. The Morgan fingerprint density at radius 1 is 1.07 bits per heavy atom. The Bertz CT molecular complexity index is 1010. The number of halogens is 1. The quantitative estimate of drug-likeness (QED) is 0.495. The zero-order chi connectivity index (χ0) is 21.5. The first kappa shape index (κ1) is 21.5. The van der Waals surface area contributed by atoms with Crippen LogP contribution < -0.4 is 10.1 Å². The Labute approximate surface area is 178 Å². The molecule has 0 unspecified atom stereocenters. The van der Waals surface area contributed by atoms with Crippen molar-refractivity contribution in [3.05, 3.63) is 70.9 Å². The zero-order valence-corrected chi connectivity index (χ0v) is 17.6. The van der Waals surface area contributed by atoms with E-state index in [0.717, 1.165) is 11.3 Å². The topological polar surface area (TPSA) is 64.6 Å². The molecule has 7 heteroatoms. The molecule has 30 heavy (non-hydrogen) atoms. The van der Waals surface area contributed by atoms with Crippen LogP contribution in [0.25, 0.3) is 11.1 Å². The summed E-state index contributed by atoms with van der Waals surface area (Å²) in [4.78, 5) is 25.1. The number of esters is 1. The number of nitrogens with one attached hydrogen (secondary N) is 1. The third-order valence-electron chi connectivity index (χ3n) is 4.48. The van der Waals surface area contributed by atoms with Crippen LogP contribution in [-0.2, 0) is 16.0 Å². The SMILES string of the molecule is CCOC(=O)c1c(-c2ccc(F)cc2)csc1NC(=O)CCc1ccc(OC)cc1. The number of benzene rings is 2. The number of amides is 1. The molecule has 1 heterocycles. The maximum atomic E-state index is 13.3. The van der Waals surface area contributed by atoms with Gasteiger partial charge in [0.25, 0.3) is 0 Å². The molecule has 0 radical (unpaired) electrons. The smallest absolute Gasteiger partial charge is 0.341 e. The second-order valence-corrected chi connectivity index (χ2v) is 7.36. The second-order valence-electron chi connectivity index (χ2n) is 6.48. The van der Waals surface area contributed by atoms with Crippen molar-refractivity contribution in [3.63, 3.8) is 0 Å². The number of ether oxygens (including phenoxy) is 2. The number of thiophene rings is 1. The van der Waals surface area contributed by atoms with Gasteiger partial charge in [0.1, 0.15) is 22.1 Å². The van der Waals surface area contributed by atoms with Gasteiger partial charge in [0.05, 0.1) is 13.7 Å². The van der Waals surface area contributed by atoms with E-state index in [1.54, 1.807) is 31.5 Å². The molecule has 156 valence electrons. The van der Waals surface area contributed by atoms with Gasteiger partial charge in [-0.2, -0.15) is 0 Å². The van der Waals surface area contributed by atoms with Crippen molar-refractivity contribution < 1.29 is 23.5 Å². The van der Waals surface area contributed by atoms with Gasteiger partial charge in [0.15, 0.2) is 0 Å². The fourth-order valence-corrected chi connectivity index (χ4v) is 3.91. The number of carbonyl (C=O) groups is 2. The normalized spacial score (nSPS) is 10.5. The summed E-state index contributed by atoms with van der Waals surface area (Å²) < 4.78 is 23.6. The average molecular weight is 427 g/mol. The molecular formula is C23H22FNO4S. The van der Waals surface area contributed by atoms with Crippen molar-refractivity contribution in [1.82, 2.24) is 0 Å². The molecule has 0 saturated heterocycles. The molecule has 3 aromatic rings. The Kier molecular flexibility index (Phi) is 7.19. The summed E-state index contributed by atoms with van der Waals surface area (Å²) in [5.74, 6) is -0.333. The molecule has 2 aromatic carbocycles. The van der Waals surface area contributed by atoms with Gasteiger partial charge in [-0.1, -0.05) is 24.3 Å². The van der Waals surface area contributed by atoms with E-state index in [4.69, 9.17) is 9.47 Å². The highest BCUT2D eigenvalue weighted by Crippen LogP contribution is 2.36. The van der Waals surface area contributed by atoms with Gasteiger partial charge in [0.2, 0.25) is 5.91 Å².